The van der Waals surface area contributed by atoms with E-state index >= 15 is 0 Å². The summed E-state index contributed by atoms with van der Waals surface area (Å²) < 4.78 is 23.1. The van der Waals surface area contributed by atoms with Crippen LogP contribution in [0.25, 0.3) is 0 Å². The molecule has 3 unspecified atom stereocenters. The maximum Gasteiger partial charge on any atom is 0.268 e. The van der Waals surface area contributed by atoms with Crippen molar-refractivity contribution >= 4 is 13.7 Å². The van der Waals surface area contributed by atoms with Gasteiger partial charge in [0.2, 0.25) is 5.91 Å². The number of carbonyl (C=O) groups excluding carboxylic acids is 1. The summed E-state index contributed by atoms with van der Waals surface area (Å²) in [6.07, 6.45) is 61.6. The summed E-state index contributed by atoms with van der Waals surface area (Å²) in [6, 6.07) is -0.793. The second-order valence-electron chi connectivity index (χ2n) is 21.0. The fourth-order valence-electron chi connectivity index (χ4n) is 8.66. The number of nitrogens with zero attached hydrogens (tertiary/aromatic N) is 1. The number of phosphoric acid groups is 1. The first-order valence-corrected chi connectivity index (χ1v) is 30.1. The Kier molecular flexibility index (Phi) is 48.2. The third-order valence-electron chi connectivity index (χ3n) is 13.2. The van der Waals surface area contributed by atoms with Crippen molar-refractivity contribution in [2.24, 2.45) is 0 Å². The summed E-state index contributed by atoms with van der Waals surface area (Å²) >= 11 is 0. The molecule has 0 aliphatic rings. The smallest absolute Gasteiger partial charge is 0.268 e. The molecule has 0 spiro atoms. The molecule has 0 bridgehead atoms. The highest BCUT2D eigenvalue weighted by molar-refractivity contribution is 7.45. The molecule has 1 amide bonds. The van der Waals surface area contributed by atoms with Gasteiger partial charge in [0.15, 0.2) is 0 Å². The third kappa shape index (κ3) is 50.8. The van der Waals surface area contributed by atoms with E-state index in [0.717, 1.165) is 57.8 Å². The number of quaternary nitrogens is 1. The van der Waals surface area contributed by atoms with E-state index in [9.17, 15) is 19.4 Å². The van der Waals surface area contributed by atoms with E-state index in [4.69, 9.17) is 9.05 Å². The first-order chi connectivity index (χ1) is 32.0. The monoisotopic (exact) mass is 953 g/mol. The van der Waals surface area contributed by atoms with Crippen LogP contribution < -0.4 is 10.2 Å². The van der Waals surface area contributed by atoms with Crippen LogP contribution in [0.4, 0.5) is 0 Å². The van der Waals surface area contributed by atoms with Gasteiger partial charge in [0.1, 0.15) is 13.2 Å². The SMILES string of the molecule is CCCCCCC/C=C\C/C=C\CCCCCCCCCCCCCCCCCCCCCCCCCCCCCC(=O)NC(COP(=O)([O-])OCC[N+](C)(C)C)C(O)CCCCCCC. The van der Waals surface area contributed by atoms with Crippen LogP contribution >= 0.6 is 7.82 Å². The topological polar surface area (TPSA) is 108 Å². The van der Waals surface area contributed by atoms with Gasteiger partial charge in [-0.2, -0.15) is 0 Å². The van der Waals surface area contributed by atoms with Crippen LogP contribution in [0.2, 0.25) is 0 Å². The van der Waals surface area contributed by atoms with Crippen LogP contribution in [0.3, 0.4) is 0 Å². The highest BCUT2D eigenvalue weighted by Gasteiger charge is 2.24. The first kappa shape index (κ1) is 65.0. The number of hydrogen-bond acceptors (Lipinski definition) is 6. The molecule has 8 nitrogen and oxygen atoms in total. The van der Waals surface area contributed by atoms with Gasteiger partial charge in [-0.15, -0.1) is 0 Å². The van der Waals surface area contributed by atoms with E-state index in [1.54, 1.807) is 0 Å². The Labute approximate surface area is 411 Å². The average molecular weight is 954 g/mol. The molecule has 2 N–H and O–H groups in total. The van der Waals surface area contributed by atoms with Crippen molar-refractivity contribution in [1.82, 2.24) is 5.32 Å². The van der Waals surface area contributed by atoms with Crippen molar-refractivity contribution in [2.45, 2.75) is 296 Å². The zero-order chi connectivity index (χ0) is 48.5. The Hall–Kier alpha value is -1.02. The number of unbranched alkanes of at least 4 members (excludes halogenated alkanes) is 36. The van der Waals surface area contributed by atoms with Crippen molar-refractivity contribution < 1.29 is 32.9 Å². The normalized spacial score (nSPS) is 14.1. The number of carbonyl (C=O) groups is 1. The van der Waals surface area contributed by atoms with Crippen LogP contribution in [-0.4, -0.2) is 68.5 Å². The molecule has 0 rings (SSSR count). The Morgan fingerprint density at radius 1 is 0.530 bits per heavy atom. The zero-order valence-corrected chi connectivity index (χ0v) is 45.6. The van der Waals surface area contributed by atoms with Crippen LogP contribution in [0.15, 0.2) is 24.3 Å². The quantitative estimate of drug-likeness (QED) is 0.0272. The molecule has 0 aliphatic carbocycles. The lowest BCUT2D eigenvalue weighted by molar-refractivity contribution is -0.870. The van der Waals surface area contributed by atoms with E-state index in [-0.39, 0.29) is 19.1 Å². The predicted octanol–water partition coefficient (Wildman–Crippen LogP) is 16.6. The van der Waals surface area contributed by atoms with Crippen molar-refractivity contribution in [3.63, 3.8) is 0 Å². The number of aliphatic hydroxyl groups is 1. The largest absolute Gasteiger partial charge is 0.756 e. The molecule has 0 saturated carbocycles. The van der Waals surface area contributed by atoms with E-state index in [2.05, 4.69) is 43.5 Å². The van der Waals surface area contributed by atoms with Gasteiger partial charge in [-0.05, 0) is 44.9 Å². The predicted molar refractivity (Wildman–Crippen MR) is 284 cm³/mol. The lowest BCUT2D eigenvalue weighted by Gasteiger charge is -2.30. The van der Waals surface area contributed by atoms with Gasteiger partial charge in [-0.1, -0.05) is 256 Å². The Bertz CT molecular complexity index is 1130. The Morgan fingerprint density at radius 2 is 0.879 bits per heavy atom. The Morgan fingerprint density at radius 3 is 1.26 bits per heavy atom. The maximum atomic E-state index is 12.8. The summed E-state index contributed by atoms with van der Waals surface area (Å²) in [6.45, 7) is 4.64. The molecule has 0 aliphatic heterocycles. The molecule has 0 aromatic heterocycles. The fraction of sp³-hybridized carbons (Fsp3) is 0.912. The number of nitrogens with one attached hydrogen (secondary N) is 1. The standard InChI is InChI=1S/C57H113N2O6P/c1-6-8-10-12-13-14-15-16-17-18-19-20-21-22-23-24-25-26-27-28-29-30-31-32-33-34-35-36-37-38-39-40-41-42-43-44-45-47-49-51-57(61)58-55(56(60)50-48-46-11-9-7-2)54-65-66(62,63)64-53-52-59(3,4)5/h15-16,18-19,55-56,60H,6-14,17,20-54H2,1-5H3,(H-,58,61,62,63)/b16-15-,19-18-. The van der Waals surface area contributed by atoms with Crippen molar-refractivity contribution in [3.8, 4) is 0 Å². The van der Waals surface area contributed by atoms with Gasteiger partial charge < -0.3 is 28.8 Å². The van der Waals surface area contributed by atoms with Crippen LogP contribution in [0.1, 0.15) is 284 Å². The van der Waals surface area contributed by atoms with E-state index in [1.807, 2.05) is 21.1 Å². The van der Waals surface area contributed by atoms with Gasteiger partial charge in [-0.25, -0.2) is 0 Å². The summed E-state index contributed by atoms with van der Waals surface area (Å²) in [5, 5.41) is 13.7. The summed E-state index contributed by atoms with van der Waals surface area (Å²) in [7, 11) is 1.31. The lowest BCUT2D eigenvalue weighted by atomic mass is 10.0. The molecule has 392 valence electrons. The summed E-state index contributed by atoms with van der Waals surface area (Å²) in [5.41, 5.74) is 0. The Balaban J connectivity index is 3.65. The minimum atomic E-state index is -4.55. The van der Waals surface area contributed by atoms with E-state index in [1.165, 1.54) is 199 Å². The number of likely N-dealkylation sites (N-methyl/N-ethyl adjacent to an activating group) is 1. The molecular weight excluding hydrogens is 840 g/mol. The van der Waals surface area contributed by atoms with Gasteiger partial charge in [-0.3, -0.25) is 9.36 Å². The highest BCUT2D eigenvalue weighted by atomic mass is 31.2. The number of aliphatic hydroxyl groups excluding tert-OH is 1. The minimum absolute atomic E-state index is 0.0137. The average Bonchev–Trinajstić information content (AvgIpc) is 3.27. The molecule has 0 aromatic carbocycles. The number of hydrogen-bond donors (Lipinski definition) is 2. The fourth-order valence-corrected chi connectivity index (χ4v) is 9.38. The van der Waals surface area contributed by atoms with Gasteiger partial charge >= 0.3 is 0 Å². The molecule has 0 fully saturated rings. The summed E-state index contributed by atoms with van der Waals surface area (Å²) in [4.78, 5) is 25.2. The molecular formula is C57H113N2O6P. The van der Waals surface area contributed by atoms with Crippen LogP contribution in [-0.2, 0) is 18.4 Å². The van der Waals surface area contributed by atoms with Gasteiger partial charge in [0.05, 0.1) is 39.9 Å². The van der Waals surface area contributed by atoms with E-state index < -0.39 is 20.0 Å². The molecule has 0 saturated heterocycles. The second kappa shape index (κ2) is 49.0. The number of phosphoric ester groups is 1. The third-order valence-corrected chi connectivity index (χ3v) is 14.2. The molecule has 0 radical (unpaired) electrons. The van der Waals surface area contributed by atoms with Crippen molar-refractivity contribution in [1.29, 1.82) is 0 Å². The lowest BCUT2D eigenvalue weighted by Crippen LogP contribution is -2.46. The van der Waals surface area contributed by atoms with Crippen molar-refractivity contribution in [2.75, 3.05) is 40.9 Å². The van der Waals surface area contributed by atoms with Gasteiger partial charge in [0.25, 0.3) is 7.82 Å². The van der Waals surface area contributed by atoms with E-state index in [0.29, 0.717) is 23.9 Å². The molecule has 0 heterocycles. The molecule has 3 atom stereocenters. The highest BCUT2D eigenvalue weighted by Crippen LogP contribution is 2.38. The zero-order valence-electron chi connectivity index (χ0n) is 44.7. The van der Waals surface area contributed by atoms with Crippen LogP contribution in [0.5, 0.6) is 0 Å². The second-order valence-corrected chi connectivity index (χ2v) is 22.4. The van der Waals surface area contributed by atoms with Crippen LogP contribution in [0, 0.1) is 0 Å². The molecule has 66 heavy (non-hydrogen) atoms. The number of allylic oxidation sites excluding steroid dienone is 4. The maximum absolute atomic E-state index is 12.8. The summed E-state index contributed by atoms with van der Waals surface area (Å²) in [5.74, 6) is -0.167. The first-order valence-electron chi connectivity index (χ1n) is 28.7. The number of amides is 1. The molecule has 9 heteroatoms. The molecule has 0 aromatic rings. The van der Waals surface area contributed by atoms with Gasteiger partial charge in [0, 0.05) is 6.42 Å². The number of rotatable bonds is 53. The minimum Gasteiger partial charge on any atom is -0.756 e. The van der Waals surface area contributed by atoms with Crippen molar-refractivity contribution in [3.05, 3.63) is 24.3 Å².